The maximum Gasteiger partial charge on any atom is 0.00127 e. The summed E-state index contributed by atoms with van der Waals surface area (Å²) >= 11 is 0. The molecule has 0 aromatic rings. The molecule has 0 aromatic carbocycles. The first-order valence-corrected chi connectivity index (χ1v) is 4.62. The second-order valence-electron chi connectivity index (χ2n) is 4.21. The van der Waals surface area contributed by atoms with E-state index in [2.05, 4.69) is 53.8 Å². The van der Waals surface area contributed by atoms with Crippen LogP contribution in [0.3, 0.4) is 0 Å². The molecule has 0 spiro atoms. The van der Waals surface area contributed by atoms with Crippen molar-refractivity contribution in [2.75, 3.05) is 0 Å². The molecule has 0 aliphatic carbocycles. The first-order chi connectivity index (χ1) is 4.86. The van der Waals surface area contributed by atoms with Crippen LogP contribution in [0.5, 0.6) is 0 Å². The Kier molecular flexibility index (Phi) is 9.92. The number of nitrogens with one attached hydrogen (secondary N) is 1. The van der Waals surface area contributed by atoms with E-state index >= 15 is 0 Å². The Hall–Kier alpha value is -0.0400. The fourth-order valence-corrected chi connectivity index (χ4v) is 0.667. The first kappa shape index (κ1) is 13.5. The minimum Gasteiger partial charge on any atom is -0.312 e. The van der Waals surface area contributed by atoms with Gasteiger partial charge in [-0.2, -0.15) is 0 Å². The SMILES string of the molecule is CC(C)C.CC(C)NC(C)C. The van der Waals surface area contributed by atoms with Crippen LogP contribution in [0.15, 0.2) is 0 Å². The van der Waals surface area contributed by atoms with E-state index in [1.54, 1.807) is 0 Å². The van der Waals surface area contributed by atoms with Gasteiger partial charge in [0, 0.05) is 12.1 Å². The van der Waals surface area contributed by atoms with Crippen molar-refractivity contribution in [3.05, 3.63) is 0 Å². The van der Waals surface area contributed by atoms with Crippen molar-refractivity contribution in [2.45, 2.75) is 60.5 Å². The zero-order valence-electron chi connectivity index (χ0n) is 9.23. The molecule has 0 rings (SSSR count). The summed E-state index contributed by atoms with van der Waals surface area (Å²) in [6, 6.07) is 1.25. The molecule has 0 saturated heterocycles. The molecule has 0 radical (unpaired) electrons. The number of hydrogen-bond acceptors (Lipinski definition) is 1. The summed E-state index contributed by atoms with van der Waals surface area (Å²) in [4.78, 5) is 0. The second-order valence-corrected chi connectivity index (χ2v) is 4.21. The molecule has 11 heavy (non-hydrogen) atoms. The van der Waals surface area contributed by atoms with E-state index < -0.39 is 0 Å². The third-order valence-electron chi connectivity index (χ3n) is 0.667. The largest absolute Gasteiger partial charge is 0.312 e. The van der Waals surface area contributed by atoms with Gasteiger partial charge < -0.3 is 5.32 Å². The van der Waals surface area contributed by atoms with Crippen LogP contribution in [0.2, 0.25) is 0 Å². The Morgan fingerprint density at radius 3 is 0.818 bits per heavy atom. The minimum atomic E-state index is 0.625. The van der Waals surface area contributed by atoms with E-state index in [9.17, 15) is 0 Å². The molecule has 0 aliphatic rings. The Bertz CT molecular complexity index is 56.5. The third-order valence-corrected chi connectivity index (χ3v) is 0.667. The van der Waals surface area contributed by atoms with E-state index in [0.29, 0.717) is 12.1 Å². The molecule has 0 heterocycles. The zero-order valence-corrected chi connectivity index (χ0v) is 9.23. The van der Waals surface area contributed by atoms with Crippen LogP contribution >= 0.6 is 0 Å². The number of hydrogen-bond donors (Lipinski definition) is 1. The predicted molar refractivity (Wildman–Crippen MR) is 53.9 cm³/mol. The standard InChI is InChI=1S/C6H15N.C4H10/c1-5(2)7-6(3)4;1-4(2)3/h5-7H,1-4H3;4H,1-3H3. The van der Waals surface area contributed by atoms with Gasteiger partial charge in [0.1, 0.15) is 0 Å². The van der Waals surface area contributed by atoms with Crippen LogP contribution < -0.4 is 5.32 Å². The van der Waals surface area contributed by atoms with Crippen LogP contribution in [0.1, 0.15) is 48.5 Å². The van der Waals surface area contributed by atoms with Crippen molar-refractivity contribution in [1.29, 1.82) is 0 Å². The van der Waals surface area contributed by atoms with E-state index in [0.717, 1.165) is 5.92 Å². The van der Waals surface area contributed by atoms with Crippen molar-refractivity contribution in [1.82, 2.24) is 5.32 Å². The molecule has 0 aliphatic heterocycles. The Labute approximate surface area is 72.6 Å². The van der Waals surface area contributed by atoms with Gasteiger partial charge in [-0.3, -0.25) is 0 Å². The molecular formula is C10H25N. The van der Waals surface area contributed by atoms with Gasteiger partial charge in [0.2, 0.25) is 0 Å². The lowest BCUT2D eigenvalue weighted by Gasteiger charge is -2.10. The lowest BCUT2D eigenvalue weighted by molar-refractivity contribution is 0.518. The third kappa shape index (κ3) is 40.2. The van der Waals surface area contributed by atoms with Crippen LogP contribution in [-0.2, 0) is 0 Å². The molecule has 0 bridgehead atoms. The van der Waals surface area contributed by atoms with Crippen LogP contribution in [0, 0.1) is 5.92 Å². The van der Waals surface area contributed by atoms with Crippen LogP contribution in [-0.4, -0.2) is 12.1 Å². The van der Waals surface area contributed by atoms with Crippen LogP contribution in [0.25, 0.3) is 0 Å². The van der Waals surface area contributed by atoms with E-state index in [4.69, 9.17) is 0 Å². The summed E-state index contributed by atoms with van der Waals surface area (Å²) in [5, 5.41) is 3.31. The lowest BCUT2D eigenvalue weighted by Crippen LogP contribution is -2.29. The second kappa shape index (κ2) is 8.06. The van der Waals surface area contributed by atoms with Gasteiger partial charge in [0.15, 0.2) is 0 Å². The fourth-order valence-electron chi connectivity index (χ4n) is 0.667. The van der Waals surface area contributed by atoms with E-state index in [1.165, 1.54) is 0 Å². The minimum absolute atomic E-state index is 0.625. The summed E-state index contributed by atoms with van der Waals surface area (Å²) < 4.78 is 0. The molecule has 0 fully saturated rings. The molecular weight excluding hydrogens is 134 g/mol. The first-order valence-electron chi connectivity index (χ1n) is 4.62. The maximum atomic E-state index is 3.31. The monoisotopic (exact) mass is 159 g/mol. The van der Waals surface area contributed by atoms with Crippen molar-refractivity contribution in [3.8, 4) is 0 Å². The normalized spacial score (nSPS) is 10.4. The average Bonchev–Trinajstić information content (AvgIpc) is 1.56. The van der Waals surface area contributed by atoms with Crippen molar-refractivity contribution >= 4 is 0 Å². The summed E-state index contributed by atoms with van der Waals surface area (Å²) in [5.74, 6) is 0.833. The van der Waals surface area contributed by atoms with Crippen molar-refractivity contribution < 1.29 is 0 Å². The van der Waals surface area contributed by atoms with Gasteiger partial charge in [-0.05, 0) is 5.92 Å². The summed E-state index contributed by atoms with van der Waals surface area (Å²) in [5.41, 5.74) is 0. The van der Waals surface area contributed by atoms with Gasteiger partial charge in [0.25, 0.3) is 0 Å². The fraction of sp³-hybridized carbons (Fsp3) is 1.00. The van der Waals surface area contributed by atoms with Crippen molar-refractivity contribution in [2.24, 2.45) is 5.92 Å². The van der Waals surface area contributed by atoms with Gasteiger partial charge in [-0.25, -0.2) is 0 Å². The highest BCUT2D eigenvalue weighted by atomic mass is 14.9. The molecule has 0 aromatic heterocycles. The highest BCUT2D eigenvalue weighted by Gasteiger charge is 1.92. The molecule has 1 heteroatoms. The topological polar surface area (TPSA) is 12.0 Å². The Balaban J connectivity index is 0. The smallest absolute Gasteiger partial charge is 0.00127 e. The van der Waals surface area contributed by atoms with Gasteiger partial charge in [0.05, 0.1) is 0 Å². The highest BCUT2D eigenvalue weighted by molar-refractivity contribution is 4.55. The molecule has 0 amide bonds. The molecule has 70 valence electrons. The predicted octanol–water partition coefficient (Wildman–Crippen LogP) is 3.06. The van der Waals surface area contributed by atoms with Crippen LogP contribution in [0.4, 0.5) is 0 Å². The molecule has 0 unspecified atom stereocenters. The maximum absolute atomic E-state index is 3.31. The van der Waals surface area contributed by atoms with E-state index in [1.807, 2.05) is 0 Å². The summed E-state index contributed by atoms with van der Waals surface area (Å²) in [7, 11) is 0. The van der Waals surface area contributed by atoms with Gasteiger partial charge in [-0.1, -0.05) is 48.5 Å². The molecule has 1 nitrogen and oxygen atoms in total. The van der Waals surface area contributed by atoms with Gasteiger partial charge >= 0.3 is 0 Å². The lowest BCUT2D eigenvalue weighted by atomic mass is 10.3. The van der Waals surface area contributed by atoms with Gasteiger partial charge in [-0.15, -0.1) is 0 Å². The molecule has 1 N–H and O–H groups in total. The Morgan fingerprint density at radius 1 is 0.636 bits per heavy atom. The quantitative estimate of drug-likeness (QED) is 0.653. The highest BCUT2D eigenvalue weighted by Crippen LogP contribution is 1.81. The van der Waals surface area contributed by atoms with E-state index in [-0.39, 0.29) is 0 Å². The average molecular weight is 159 g/mol. The summed E-state index contributed by atoms with van der Waals surface area (Å²) in [6.45, 7) is 15.1. The molecule has 0 atom stereocenters. The number of rotatable bonds is 2. The van der Waals surface area contributed by atoms with Crippen molar-refractivity contribution in [3.63, 3.8) is 0 Å². The zero-order chi connectivity index (χ0) is 9.44. The summed E-state index contributed by atoms with van der Waals surface area (Å²) in [6.07, 6.45) is 0. The Morgan fingerprint density at radius 2 is 0.818 bits per heavy atom. The molecule has 0 saturated carbocycles.